The second-order valence-electron chi connectivity index (χ2n) is 5.03. The lowest BCUT2D eigenvalue weighted by Crippen LogP contribution is -2.30. The first-order valence-corrected chi connectivity index (χ1v) is 8.12. The molecule has 24 heavy (non-hydrogen) atoms. The fourth-order valence-corrected chi connectivity index (χ4v) is 2.38. The zero-order valence-electron chi connectivity index (χ0n) is 12.9. The lowest BCUT2D eigenvalue weighted by atomic mass is 10.3. The van der Waals surface area contributed by atoms with E-state index in [1.54, 1.807) is 42.2 Å². The molecule has 0 bridgehead atoms. The van der Waals surface area contributed by atoms with E-state index in [0.717, 1.165) is 5.69 Å². The van der Waals surface area contributed by atoms with Gasteiger partial charge in [0.15, 0.2) is 6.10 Å². The Kier molecular flexibility index (Phi) is 4.90. The van der Waals surface area contributed by atoms with Gasteiger partial charge in [-0.2, -0.15) is 0 Å². The molecule has 0 saturated heterocycles. The highest BCUT2D eigenvalue weighted by atomic mass is 79.9. The van der Waals surface area contributed by atoms with Crippen molar-refractivity contribution in [3.05, 3.63) is 65.4 Å². The SMILES string of the molecule is C[C@@H](Oc1nn(-c2ccccc2)cc1Br)C(=O)Nc1ccccn1. The summed E-state index contributed by atoms with van der Waals surface area (Å²) in [4.78, 5) is 16.2. The number of rotatable bonds is 5. The van der Waals surface area contributed by atoms with E-state index in [-0.39, 0.29) is 5.91 Å². The topological polar surface area (TPSA) is 69.0 Å². The molecule has 0 saturated carbocycles. The molecule has 1 aromatic carbocycles. The molecule has 6 nitrogen and oxygen atoms in total. The van der Waals surface area contributed by atoms with Crippen LogP contribution in [-0.4, -0.2) is 26.8 Å². The van der Waals surface area contributed by atoms with E-state index in [1.807, 2.05) is 30.3 Å². The van der Waals surface area contributed by atoms with Crippen molar-refractivity contribution in [3.63, 3.8) is 0 Å². The zero-order chi connectivity index (χ0) is 16.9. The number of aromatic nitrogens is 3. The largest absolute Gasteiger partial charge is 0.463 e. The summed E-state index contributed by atoms with van der Waals surface area (Å²) >= 11 is 3.41. The van der Waals surface area contributed by atoms with Crippen molar-refractivity contribution in [1.82, 2.24) is 14.8 Å². The minimum Gasteiger partial charge on any atom is -0.463 e. The maximum atomic E-state index is 12.2. The number of para-hydroxylation sites is 1. The molecule has 7 heteroatoms. The normalized spacial score (nSPS) is 11.8. The van der Waals surface area contributed by atoms with Gasteiger partial charge in [0.1, 0.15) is 5.82 Å². The van der Waals surface area contributed by atoms with Crippen LogP contribution >= 0.6 is 15.9 Å². The number of carbonyl (C=O) groups is 1. The summed E-state index contributed by atoms with van der Waals surface area (Å²) in [5.74, 6) is 0.532. The third kappa shape index (κ3) is 3.80. The minimum atomic E-state index is -0.720. The fourth-order valence-electron chi connectivity index (χ4n) is 2.02. The molecular formula is C17H15BrN4O2. The molecule has 2 heterocycles. The molecule has 0 radical (unpaired) electrons. The Hall–Kier alpha value is -2.67. The summed E-state index contributed by atoms with van der Waals surface area (Å²) in [5.41, 5.74) is 0.902. The van der Waals surface area contributed by atoms with E-state index in [0.29, 0.717) is 16.2 Å². The van der Waals surface area contributed by atoms with Crippen LogP contribution in [0.4, 0.5) is 5.82 Å². The van der Waals surface area contributed by atoms with Crippen LogP contribution in [0.15, 0.2) is 65.4 Å². The second kappa shape index (κ2) is 7.27. The fraction of sp³-hybridized carbons (Fsp3) is 0.118. The highest BCUT2D eigenvalue weighted by Gasteiger charge is 2.19. The molecule has 0 spiro atoms. The standard InChI is InChI=1S/C17H15BrN4O2/c1-12(16(23)20-15-9-5-6-10-19-15)24-17-14(18)11-22(21-17)13-7-3-2-4-8-13/h2-12H,1H3,(H,19,20,23)/t12-/m1/s1. The summed E-state index contributed by atoms with van der Waals surface area (Å²) in [6.07, 6.45) is 2.68. The number of nitrogens with zero attached hydrogens (tertiary/aromatic N) is 3. The van der Waals surface area contributed by atoms with Crippen molar-refractivity contribution in [1.29, 1.82) is 0 Å². The Balaban J connectivity index is 1.69. The molecular weight excluding hydrogens is 372 g/mol. The second-order valence-corrected chi connectivity index (χ2v) is 5.88. The van der Waals surface area contributed by atoms with Crippen LogP contribution in [0.5, 0.6) is 5.88 Å². The van der Waals surface area contributed by atoms with Crippen LogP contribution in [0.2, 0.25) is 0 Å². The summed E-state index contributed by atoms with van der Waals surface area (Å²) in [6, 6.07) is 14.9. The maximum Gasteiger partial charge on any atom is 0.266 e. The number of benzene rings is 1. The number of pyridine rings is 1. The number of hydrogen-bond acceptors (Lipinski definition) is 4. The Labute approximate surface area is 147 Å². The first-order valence-electron chi connectivity index (χ1n) is 7.32. The van der Waals surface area contributed by atoms with Crippen LogP contribution in [-0.2, 0) is 4.79 Å². The molecule has 122 valence electrons. The lowest BCUT2D eigenvalue weighted by Gasteiger charge is -2.12. The van der Waals surface area contributed by atoms with Crippen molar-refractivity contribution in [2.75, 3.05) is 5.32 Å². The summed E-state index contributed by atoms with van der Waals surface area (Å²) < 4.78 is 8.02. The van der Waals surface area contributed by atoms with Gasteiger partial charge in [0.25, 0.3) is 5.91 Å². The highest BCUT2D eigenvalue weighted by Crippen LogP contribution is 2.25. The van der Waals surface area contributed by atoms with Crippen molar-refractivity contribution in [3.8, 4) is 11.6 Å². The average molecular weight is 387 g/mol. The first-order chi connectivity index (χ1) is 11.6. The van der Waals surface area contributed by atoms with Crippen LogP contribution in [0, 0.1) is 0 Å². The summed E-state index contributed by atoms with van der Waals surface area (Å²) in [5, 5.41) is 7.06. The van der Waals surface area contributed by atoms with Gasteiger partial charge in [-0.05, 0) is 47.1 Å². The minimum absolute atomic E-state index is 0.296. The predicted octanol–water partition coefficient (Wildman–Crippen LogP) is 3.44. The maximum absolute atomic E-state index is 12.2. The average Bonchev–Trinajstić information content (AvgIpc) is 2.97. The number of anilines is 1. The third-order valence-electron chi connectivity index (χ3n) is 3.23. The van der Waals surface area contributed by atoms with Gasteiger partial charge in [0.2, 0.25) is 5.88 Å². The van der Waals surface area contributed by atoms with Crippen molar-refractivity contribution in [2.24, 2.45) is 0 Å². The third-order valence-corrected chi connectivity index (χ3v) is 3.78. The number of nitrogens with one attached hydrogen (secondary N) is 1. The van der Waals surface area contributed by atoms with Gasteiger partial charge in [0, 0.05) is 12.4 Å². The number of carbonyl (C=O) groups excluding carboxylic acids is 1. The molecule has 3 aromatic rings. The van der Waals surface area contributed by atoms with Gasteiger partial charge >= 0.3 is 0 Å². The van der Waals surface area contributed by atoms with Crippen LogP contribution in [0.3, 0.4) is 0 Å². The molecule has 1 amide bonds. The monoisotopic (exact) mass is 386 g/mol. The lowest BCUT2D eigenvalue weighted by molar-refractivity contribution is -0.122. The van der Waals surface area contributed by atoms with Gasteiger partial charge in [0.05, 0.1) is 10.2 Å². The van der Waals surface area contributed by atoms with Gasteiger partial charge in [-0.15, -0.1) is 5.10 Å². The Morgan fingerprint density at radius 3 is 2.67 bits per heavy atom. The van der Waals surface area contributed by atoms with Crippen molar-refractivity contribution >= 4 is 27.7 Å². The van der Waals surface area contributed by atoms with Crippen molar-refractivity contribution in [2.45, 2.75) is 13.0 Å². The number of amides is 1. The van der Waals surface area contributed by atoms with Gasteiger partial charge in [-0.25, -0.2) is 9.67 Å². The van der Waals surface area contributed by atoms with Crippen molar-refractivity contribution < 1.29 is 9.53 Å². The van der Waals surface area contributed by atoms with E-state index in [4.69, 9.17) is 4.74 Å². The Morgan fingerprint density at radius 2 is 1.96 bits per heavy atom. The molecule has 2 aromatic heterocycles. The first kappa shape index (κ1) is 16.2. The highest BCUT2D eigenvalue weighted by molar-refractivity contribution is 9.10. The molecule has 1 atom stereocenters. The molecule has 0 aliphatic rings. The molecule has 0 unspecified atom stereocenters. The predicted molar refractivity (Wildman–Crippen MR) is 94.2 cm³/mol. The van der Waals surface area contributed by atoms with Crippen LogP contribution in [0.25, 0.3) is 5.69 Å². The summed E-state index contributed by atoms with van der Waals surface area (Å²) in [6.45, 7) is 1.66. The number of ether oxygens (including phenoxy) is 1. The van der Waals surface area contributed by atoms with E-state index in [9.17, 15) is 4.79 Å². The molecule has 0 aliphatic carbocycles. The van der Waals surface area contributed by atoms with E-state index >= 15 is 0 Å². The smallest absolute Gasteiger partial charge is 0.266 e. The number of halogens is 1. The van der Waals surface area contributed by atoms with Crippen LogP contribution < -0.4 is 10.1 Å². The zero-order valence-corrected chi connectivity index (χ0v) is 14.5. The van der Waals surface area contributed by atoms with Gasteiger partial charge in [-0.1, -0.05) is 24.3 Å². The van der Waals surface area contributed by atoms with Gasteiger partial charge < -0.3 is 10.1 Å². The Morgan fingerprint density at radius 1 is 1.21 bits per heavy atom. The Bertz CT molecular complexity index is 821. The van der Waals surface area contributed by atoms with E-state index in [2.05, 4.69) is 31.3 Å². The molecule has 3 rings (SSSR count). The van der Waals surface area contributed by atoms with Crippen LogP contribution in [0.1, 0.15) is 6.92 Å². The molecule has 1 N–H and O–H groups in total. The molecule has 0 aliphatic heterocycles. The summed E-state index contributed by atoms with van der Waals surface area (Å²) in [7, 11) is 0. The molecule has 0 fully saturated rings. The van der Waals surface area contributed by atoms with E-state index in [1.165, 1.54) is 0 Å². The van der Waals surface area contributed by atoms with Gasteiger partial charge in [-0.3, -0.25) is 4.79 Å². The van der Waals surface area contributed by atoms with E-state index < -0.39 is 6.10 Å². The quantitative estimate of drug-likeness (QED) is 0.728. The number of hydrogen-bond donors (Lipinski definition) is 1.